The number of nitrogens with one attached hydrogen (secondary N) is 1. The Morgan fingerprint density at radius 1 is 0.905 bits per heavy atom. The quantitative estimate of drug-likeness (QED) is 0.270. The van der Waals surface area contributed by atoms with Gasteiger partial charge < -0.3 is 10.2 Å². The Labute approximate surface area is 255 Å². The summed E-state index contributed by atoms with van der Waals surface area (Å²) in [6.45, 7) is 9.85. The van der Waals surface area contributed by atoms with Gasteiger partial charge in [-0.05, 0) is 69.9 Å². The number of carbonyl (C=O) groups is 2. The molecule has 1 N–H and O–H groups in total. The third-order valence-electron chi connectivity index (χ3n) is 6.90. The number of halogens is 1. The SMILES string of the molecule is Cc1ccc(CN(C(=O)CCCN(c2cccc(Cl)c2C)S(C)(=O)=O)[C@@H](Cc2ccccc2)C(=O)NC(C)(C)C)cc1. The van der Waals surface area contributed by atoms with Gasteiger partial charge >= 0.3 is 0 Å². The first-order valence-corrected chi connectivity index (χ1v) is 16.3. The van der Waals surface area contributed by atoms with Gasteiger partial charge in [-0.3, -0.25) is 13.9 Å². The molecule has 0 unspecified atom stereocenters. The molecule has 42 heavy (non-hydrogen) atoms. The molecule has 0 spiro atoms. The molecule has 226 valence electrons. The second-order valence-corrected chi connectivity index (χ2v) is 14.1. The van der Waals surface area contributed by atoms with Crippen LogP contribution >= 0.6 is 11.6 Å². The van der Waals surface area contributed by atoms with Crippen molar-refractivity contribution in [2.45, 2.75) is 72.0 Å². The Bertz CT molecular complexity index is 1470. The van der Waals surface area contributed by atoms with Crippen molar-refractivity contribution in [2.75, 3.05) is 17.1 Å². The first-order chi connectivity index (χ1) is 19.7. The van der Waals surface area contributed by atoms with Crippen LogP contribution in [-0.4, -0.2) is 49.5 Å². The van der Waals surface area contributed by atoms with Crippen LogP contribution in [0.3, 0.4) is 0 Å². The number of rotatable bonds is 12. The van der Waals surface area contributed by atoms with Crippen molar-refractivity contribution in [3.8, 4) is 0 Å². The van der Waals surface area contributed by atoms with Crippen LogP contribution < -0.4 is 9.62 Å². The topological polar surface area (TPSA) is 86.8 Å². The summed E-state index contributed by atoms with van der Waals surface area (Å²) in [7, 11) is -3.63. The van der Waals surface area contributed by atoms with Gasteiger partial charge in [0, 0.05) is 36.5 Å². The number of nitrogens with zero attached hydrogens (tertiary/aromatic N) is 2. The maximum Gasteiger partial charge on any atom is 0.243 e. The van der Waals surface area contributed by atoms with Crippen molar-refractivity contribution >= 4 is 39.1 Å². The lowest BCUT2D eigenvalue weighted by Gasteiger charge is -2.34. The maximum absolute atomic E-state index is 14.0. The van der Waals surface area contributed by atoms with E-state index >= 15 is 0 Å². The van der Waals surface area contributed by atoms with E-state index in [1.54, 1.807) is 30.0 Å². The molecule has 7 nitrogen and oxygen atoms in total. The summed E-state index contributed by atoms with van der Waals surface area (Å²) in [5, 5.41) is 3.53. The fourth-order valence-electron chi connectivity index (χ4n) is 4.75. The van der Waals surface area contributed by atoms with Crippen LogP contribution in [0, 0.1) is 13.8 Å². The van der Waals surface area contributed by atoms with Crippen LogP contribution in [0.4, 0.5) is 5.69 Å². The van der Waals surface area contributed by atoms with Gasteiger partial charge in [0.25, 0.3) is 0 Å². The summed E-state index contributed by atoms with van der Waals surface area (Å²) in [5.74, 6) is -0.462. The molecule has 9 heteroatoms. The zero-order valence-electron chi connectivity index (χ0n) is 25.4. The van der Waals surface area contributed by atoms with Gasteiger partial charge in [-0.25, -0.2) is 8.42 Å². The number of carbonyl (C=O) groups excluding carboxylic acids is 2. The van der Waals surface area contributed by atoms with Gasteiger partial charge in [0.15, 0.2) is 0 Å². The third-order valence-corrected chi connectivity index (χ3v) is 8.49. The first kappa shape index (κ1) is 33.1. The number of anilines is 1. The monoisotopic (exact) mass is 611 g/mol. The number of aryl methyl sites for hydroxylation is 1. The van der Waals surface area contributed by atoms with E-state index in [4.69, 9.17) is 11.6 Å². The lowest BCUT2D eigenvalue weighted by Crippen LogP contribution is -2.54. The fraction of sp³-hybridized carbons (Fsp3) is 0.394. The molecule has 0 radical (unpaired) electrons. The van der Waals surface area contributed by atoms with Crippen molar-refractivity contribution < 1.29 is 18.0 Å². The Kier molecular flexibility index (Phi) is 11.2. The van der Waals surface area contributed by atoms with E-state index in [9.17, 15) is 18.0 Å². The molecule has 0 saturated heterocycles. The number of benzene rings is 3. The average molecular weight is 612 g/mol. The Morgan fingerprint density at radius 3 is 2.14 bits per heavy atom. The molecule has 0 aliphatic heterocycles. The molecule has 0 saturated carbocycles. The smallest absolute Gasteiger partial charge is 0.243 e. The number of amides is 2. The average Bonchev–Trinajstić information content (AvgIpc) is 2.90. The second kappa shape index (κ2) is 14.2. The van der Waals surface area contributed by atoms with Gasteiger partial charge in [-0.15, -0.1) is 0 Å². The van der Waals surface area contributed by atoms with E-state index in [0.29, 0.717) is 22.7 Å². The minimum Gasteiger partial charge on any atom is -0.350 e. The summed E-state index contributed by atoms with van der Waals surface area (Å²) < 4.78 is 26.8. The molecule has 3 rings (SSSR count). The molecule has 0 bridgehead atoms. The Hall–Kier alpha value is -3.36. The molecule has 0 aliphatic carbocycles. The largest absolute Gasteiger partial charge is 0.350 e. The predicted molar refractivity (Wildman–Crippen MR) is 171 cm³/mol. The Morgan fingerprint density at radius 2 is 1.55 bits per heavy atom. The maximum atomic E-state index is 14.0. The highest BCUT2D eigenvalue weighted by Crippen LogP contribution is 2.28. The van der Waals surface area contributed by atoms with Crippen LogP contribution in [0.2, 0.25) is 5.02 Å². The van der Waals surface area contributed by atoms with Gasteiger partial charge in [-0.2, -0.15) is 0 Å². The molecule has 1 atom stereocenters. The molecule has 0 aromatic heterocycles. The van der Waals surface area contributed by atoms with Crippen LogP contribution in [0.1, 0.15) is 55.9 Å². The van der Waals surface area contributed by atoms with Gasteiger partial charge in [0.05, 0.1) is 11.9 Å². The van der Waals surface area contributed by atoms with E-state index in [1.165, 1.54) is 4.31 Å². The van der Waals surface area contributed by atoms with E-state index in [2.05, 4.69) is 5.32 Å². The van der Waals surface area contributed by atoms with Crippen molar-refractivity contribution in [1.29, 1.82) is 0 Å². The van der Waals surface area contributed by atoms with Crippen molar-refractivity contribution in [3.05, 3.63) is 100 Å². The molecule has 3 aromatic carbocycles. The van der Waals surface area contributed by atoms with Crippen LogP contribution in [-0.2, 0) is 32.6 Å². The molecule has 3 aromatic rings. The lowest BCUT2D eigenvalue weighted by atomic mass is 10.00. The first-order valence-electron chi connectivity index (χ1n) is 14.1. The van der Waals surface area contributed by atoms with Crippen molar-refractivity contribution in [3.63, 3.8) is 0 Å². The highest BCUT2D eigenvalue weighted by atomic mass is 35.5. The highest BCUT2D eigenvalue weighted by Gasteiger charge is 2.32. The van der Waals surface area contributed by atoms with E-state index in [-0.39, 0.29) is 37.7 Å². The lowest BCUT2D eigenvalue weighted by molar-refractivity contribution is -0.142. The minimum absolute atomic E-state index is 0.0611. The van der Waals surface area contributed by atoms with E-state index < -0.39 is 21.6 Å². The second-order valence-electron chi connectivity index (χ2n) is 11.8. The predicted octanol–water partition coefficient (Wildman–Crippen LogP) is 6.06. The highest BCUT2D eigenvalue weighted by molar-refractivity contribution is 7.92. The van der Waals surface area contributed by atoms with E-state index in [0.717, 1.165) is 22.9 Å². The molecule has 2 amide bonds. The molecular weight excluding hydrogens is 570 g/mol. The summed E-state index contributed by atoms with van der Waals surface area (Å²) in [5.41, 5.74) is 3.59. The summed E-state index contributed by atoms with van der Waals surface area (Å²) >= 11 is 6.28. The van der Waals surface area contributed by atoms with Crippen molar-refractivity contribution in [2.24, 2.45) is 0 Å². The summed E-state index contributed by atoms with van der Waals surface area (Å²) in [6.07, 6.45) is 1.82. The van der Waals surface area contributed by atoms with Crippen molar-refractivity contribution in [1.82, 2.24) is 10.2 Å². The van der Waals surface area contributed by atoms with Crippen LogP contribution in [0.5, 0.6) is 0 Å². The fourth-order valence-corrected chi connectivity index (χ4v) is 5.93. The van der Waals surface area contributed by atoms with Gasteiger partial charge in [0.1, 0.15) is 6.04 Å². The zero-order chi connectivity index (χ0) is 31.1. The third kappa shape index (κ3) is 9.60. The normalized spacial score (nSPS) is 12.5. The van der Waals surface area contributed by atoms with Crippen LogP contribution in [0.25, 0.3) is 0 Å². The van der Waals surface area contributed by atoms with Crippen LogP contribution in [0.15, 0.2) is 72.8 Å². The standard InChI is InChI=1S/C33H42ClN3O4S/c1-24-17-19-27(20-18-24)23-36(30(32(39)35-33(3,4)5)22-26-12-8-7-9-13-26)31(38)16-11-21-37(42(6,40)41)29-15-10-14-28(34)25(29)2/h7-10,12-15,17-20,30H,11,16,21-23H2,1-6H3,(H,35,39)/t30-/m0/s1. The molecular formula is C33H42ClN3O4S. The summed E-state index contributed by atoms with van der Waals surface area (Å²) in [4.78, 5) is 29.3. The molecule has 0 fully saturated rings. The number of hydrogen-bond acceptors (Lipinski definition) is 4. The molecule has 0 aliphatic rings. The zero-order valence-corrected chi connectivity index (χ0v) is 26.9. The molecule has 0 heterocycles. The van der Waals surface area contributed by atoms with Gasteiger partial charge in [0.2, 0.25) is 21.8 Å². The minimum atomic E-state index is -3.63. The van der Waals surface area contributed by atoms with E-state index in [1.807, 2.05) is 82.3 Å². The van der Waals surface area contributed by atoms with Gasteiger partial charge in [-0.1, -0.05) is 77.8 Å². The number of hydrogen-bond donors (Lipinski definition) is 1. The summed E-state index contributed by atoms with van der Waals surface area (Å²) in [6, 6.07) is 21.9. The Balaban J connectivity index is 1.92. The number of sulfonamides is 1.